The fraction of sp³-hybridized carbons (Fsp3) is 0.250. The van der Waals surface area contributed by atoms with E-state index in [0.717, 1.165) is 40.8 Å². The molecule has 5 heteroatoms. The Labute approximate surface area is 155 Å². The predicted molar refractivity (Wildman–Crippen MR) is 102 cm³/mol. The van der Waals surface area contributed by atoms with Gasteiger partial charge in [-0.2, -0.15) is 0 Å². The lowest BCUT2D eigenvalue weighted by Crippen LogP contribution is -2.39. The molecule has 1 aromatic heterocycles. The summed E-state index contributed by atoms with van der Waals surface area (Å²) in [6, 6.07) is 11.9. The standard InChI is InChI=1S/C20H18BrN3O/c21-18-4-2-1-3-15(18)11-19(25)24-10-7-16-12-23-20(17(16)13-24)14-5-8-22-9-6-14/h1-6,8-9H,7,10-13H2. The normalized spacial score (nSPS) is 16.7. The summed E-state index contributed by atoms with van der Waals surface area (Å²) in [6.07, 6.45) is 4.91. The first-order chi connectivity index (χ1) is 12.2. The third-order valence-corrected chi connectivity index (χ3v) is 5.55. The van der Waals surface area contributed by atoms with Crippen LogP contribution in [-0.4, -0.2) is 41.1 Å². The fourth-order valence-corrected chi connectivity index (χ4v) is 3.82. The summed E-state index contributed by atoms with van der Waals surface area (Å²) in [6.45, 7) is 2.19. The molecule has 1 amide bonds. The number of aliphatic imine (C=N–C) groups is 1. The van der Waals surface area contributed by atoms with Crippen LogP contribution in [0.4, 0.5) is 0 Å². The Hall–Kier alpha value is -2.27. The summed E-state index contributed by atoms with van der Waals surface area (Å²) in [5.41, 5.74) is 5.73. The predicted octanol–water partition coefficient (Wildman–Crippen LogP) is 3.42. The molecule has 2 aliphatic heterocycles. The van der Waals surface area contributed by atoms with E-state index < -0.39 is 0 Å². The molecule has 0 unspecified atom stereocenters. The highest BCUT2D eigenvalue weighted by atomic mass is 79.9. The molecule has 0 N–H and O–H groups in total. The van der Waals surface area contributed by atoms with Crippen molar-refractivity contribution < 1.29 is 4.79 Å². The second-order valence-corrected chi connectivity index (χ2v) is 7.17. The number of hydrogen-bond donors (Lipinski definition) is 0. The van der Waals surface area contributed by atoms with E-state index in [-0.39, 0.29) is 5.91 Å². The SMILES string of the molecule is O=C(Cc1ccccc1Br)N1CCC2=C(C1)C(c1ccncc1)=NC2. The van der Waals surface area contributed by atoms with E-state index in [1.165, 1.54) is 11.1 Å². The molecule has 2 aromatic rings. The van der Waals surface area contributed by atoms with E-state index in [1.807, 2.05) is 41.3 Å². The second-order valence-electron chi connectivity index (χ2n) is 6.32. The number of carbonyl (C=O) groups excluding carboxylic acids is 1. The zero-order valence-corrected chi connectivity index (χ0v) is 15.4. The molecule has 25 heavy (non-hydrogen) atoms. The number of aromatic nitrogens is 1. The van der Waals surface area contributed by atoms with Crippen molar-refractivity contribution in [3.05, 3.63) is 75.5 Å². The summed E-state index contributed by atoms with van der Waals surface area (Å²) in [5.74, 6) is 0.166. The Morgan fingerprint density at radius 1 is 1.16 bits per heavy atom. The smallest absolute Gasteiger partial charge is 0.227 e. The molecule has 0 spiro atoms. The molecule has 4 nitrogen and oxygen atoms in total. The largest absolute Gasteiger partial charge is 0.338 e. The number of carbonyl (C=O) groups is 1. The summed E-state index contributed by atoms with van der Waals surface area (Å²) in [7, 11) is 0. The highest BCUT2D eigenvalue weighted by Crippen LogP contribution is 2.28. The molecule has 0 aliphatic carbocycles. The van der Waals surface area contributed by atoms with E-state index in [2.05, 4.69) is 20.9 Å². The monoisotopic (exact) mass is 395 g/mol. The van der Waals surface area contributed by atoms with Crippen LogP contribution in [0.3, 0.4) is 0 Å². The maximum Gasteiger partial charge on any atom is 0.227 e. The first-order valence-electron chi connectivity index (χ1n) is 8.39. The van der Waals surface area contributed by atoms with E-state index >= 15 is 0 Å². The van der Waals surface area contributed by atoms with Crippen LogP contribution in [0.2, 0.25) is 0 Å². The molecular formula is C20H18BrN3O. The maximum atomic E-state index is 12.8. The third kappa shape index (κ3) is 3.29. The van der Waals surface area contributed by atoms with Crippen LogP contribution >= 0.6 is 15.9 Å². The van der Waals surface area contributed by atoms with E-state index in [4.69, 9.17) is 4.99 Å². The Morgan fingerprint density at radius 3 is 2.76 bits per heavy atom. The minimum absolute atomic E-state index is 0.166. The van der Waals surface area contributed by atoms with E-state index in [0.29, 0.717) is 13.0 Å². The molecule has 0 fully saturated rings. The Morgan fingerprint density at radius 2 is 1.96 bits per heavy atom. The number of pyridine rings is 1. The first-order valence-corrected chi connectivity index (χ1v) is 9.19. The van der Waals surface area contributed by atoms with Gasteiger partial charge in [-0.3, -0.25) is 14.8 Å². The zero-order valence-electron chi connectivity index (χ0n) is 13.8. The molecule has 0 radical (unpaired) electrons. The van der Waals surface area contributed by atoms with Crippen LogP contribution in [0.1, 0.15) is 17.5 Å². The number of halogens is 1. The molecular weight excluding hydrogens is 378 g/mol. The first kappa shape index (κ1) is 16.2. The molecule has 0 saturated carbocycles. The van der Waals surface area contributed by atoms with E-state index in [1.54, 1.807) is 12.4 Å². The van der Waals surface area contributed by atoms with Crippen LogP contribution in [0.15, 0.2) is 69.4 Å². The van der Waals surface area contributed by atoms with Gasteiger partial charge in [-0.15, -0.1) is 0 Å². The van der Waals surface area contributed by atoms with Crippen LogP contribution in [0.5, 0.6) is 0 Å². The highest BCUT2D eigenvalue weighted by Gasteiger charge is 2.29. The quantitative estimate of drug-likeness (QED) is 0.798. The van der Waals surface area contributed by atoms with E-state index in [9.17, 15) is 4.79 Å². The minimum Gasteiger partial charge on any atom is -0.338 e. The van der Waals surface area contributed by atoms with Gasteiger partial charge in [0.1, 0.15) is 0 Å². The van der Waals surface area contributed by atoms with Crippen molar-refractivity contribution in [3.8, 4) is 0 Å². The average molecular weight is 396 g/mol. The van der Waals surface area contributed by atoms with Crippen molar-refractivity contribution in [3.63, 3.8) is 0 Å². The van der Waals surface area contributed by atoms with Crippen molar-refractivity contribution in [1.82, 2.24) is 9.88 Å². The van der Waals surface area contributed by atoms with Gasteiger partial charge in [0.2, 0.25) is 5.91 Å². The molecule has 0 atom stereocenters. The van der Waals surface area contributed by atoms with Crippen LogP contribution in [0.25, 0.3) is 0 Å². The van der Waals surface area contributed by atoms with Gasteiger partial charge in [-0.05, 0) is 41.3 Å². The fourth-order valence-electron chi connectivity index (χ4n) is 3.39. The Kier molecular flexibility index (Phi) is 4.49. The van der Waals surface area contributed by atoms with Crippen molar-refractivity contribution >= 4 is 27.5 Å². The van der Waals surface area contributed by atoms with Crippen molar-refractivity contribution in [1.29, 1.82) is 0 Å². The molecule has 3 heterocycles. The summed E-state index contributed by atoms with van der Waals surface area (Å²) in [4.78, 5) is 23.5. The molecule has 1 aromatic carbocycles. The molecule has 126 valence electrons. The van der Waals surface area contributed by atoms with Crippen molar-refractivity contribution in [2.75, 3.05) is 19.6 Å². The van der Waals surface area contributed by atoms with Gasteiger partial charge in [0.05, 0.1) is 18.7 Å². The van der Waals surface area contributed by atoms with Gasteiger partial charge in [-0.1, -0.05) is 34.1 Å². The average Bonchev–Trinajstić information content (AvgIpc) is 3.07. The Balaban J connectivity index is 1.51. The third-order valence-electron chi connectivity index (χ3n) is 4.78. The van der Waals surface area contributed by atoms with Crippen LogP contribution < -0.4 is 0 Å². The molecule has 4 rings (SSSR count). The van der Waals surface area contributed by atoms with Gasteiger partial charge in [0, 0.05) is 35.5 Å². The lowest BCUT2D eigenvalue weighted by atomic mass is 9.95. The van der Waals surface area contributed by atoms with Crippen molar-refractivity contribution in [2.45, 2.75) is 12.8 Å². The van der Waals surface area contributed by atoms with Crippen LogP contribution in [0, 0.1) is 0 Å². The summed E-state index contributed by atoms with van der Waals surface area (Å²) >= 11 is 3.53. The number of benzene rings is 1. The summed E-state index contributed by atoms with van der Waals surface area (Å²) in [5, 5.41) is 0. The zero-order chi connectivity index (χ0) is 17.2. The van der Waals surface area contributed by atoms with Crippen molar-refractivity contribution in [2.24, 2.45) is 4.99 Å². The number of hydrogen-bond acceptors (Lipinski definition) is 3. The van der Waals surface area contributed by atoms with Gasteiger partial charge >= 0.3 is 0 Å². The Bertz CT molecular complexity index is 874. The topological polar surface area (TPSA) is 45.6 Å². The maximum absolute atomic E-state index is 12.8. The van der Waals surface area contributed by atoms with Crippen LogP contribution in [-0.2, 0) is 11.2 Å². The van der Waals surface area contributed by atoms with Gasteiger partial charge in [-0.25, -0.2) is 0 Å². The van der Waals surface area contributed by atoms with Gasteiger partial charge < -0.3 is 4.90 Å². The lowest BCUT2D eigenvalue weighted by molar-refractivity contribution is -0.130. The second kappa shape index (κ2) is 6.92. The molecule has 2 aliphatic rings. The number of nitrogens with zero attached hydrogens (tertiary/aromatic N) is 3. The molecule has 0 bridgehead atoms. The highest BCUT2D eigenvalue weighted by molar-refractivity contribution is 9.10. The number of amides is 1. The lowest BCUT2D eigenvalue weighted by Gasteiger charge is -2.29. The van der Waals surface area contributed by atoms with Gasteiger partial charge in [0.15, 0.2) is 0 Å². The molecule has 0 saturated heterocycles. The number of rotatable bonds is 3. The minimum atomic E-state index is 0.166. The summed E-state index contributed by atoms with van der Waals surface area (Å²) < 4.78 is 0.986. The van der Waals surface area contributed by atoms with Gasteiger partial charge in [0.25, 0.3) is 0 Å².